The lowest BCUT2D eigenvalue weighted by Gasteiger charge is -2.35. The van der Waals surface area contributed by atoms with Gasteiger partial charge < -0.3 is 10.2 Å². The fourth-order valence-corrected chi connectivity index (χ4v) is 7.83. The number of hydrogen-bond acceptors (Lipinski definition) is 4. The molecule has 2 amide bonds. The van der Waals surface area contributed by atoms with Gasteiger partial charge in [0.15, 0.2) is 0 Å². The minimum absolute atomic E-state index is 0.0355. The first-order valence-corrected chi connectivity index (χ1v) is 18.4. The van der Waals surface area contributed by atoms with Gasteiger partial charge in [0.05, 0.1) is 10.6 Å². The second-order valence-electron chi connectivity index (χ2n) is 12.8. The Hall–Kier alpha value is -4.14. The number of anilines is 1. The first kappa shape index (κ1) is 35.2. The van der Waals surface area contributed by atoms with Crippen LogP contribution in [0.25, 0.3) is 0 Å². The van der Waals surface area contributed by atoms with Crippen LogP contribution in [-0.4, -0.2) is 43.8 Å². The van der Waals surface area contributed by atoms with Gasteiger partial charge in [0.2, 0.25) is 11.8 Å². The third-order valence-corrected chi connectivity index (χ3v) is 11.0. The number of benzene rings is 4. The van der Waals surface area contributed by atoms with Gasteiger partial charge in [-0.3, -0.25) is 13.9 Å². The number of rotatable bonds is 12. The lowest BCUT2D eigenvalue weighted by atomic mass is 9.94. The summed E-state index contributed by atoms with van der Waals surface area (Å²) in [6, 6.07) is 28.1. The quantitative estimate of drug-likeness (QED) is 0.167. The summed E-state index contributed by atoms with van der Waals surface area (Å²) in [6.45, 7) is 5.26. The van der Waals surface area contributed by atoms with Crippen LogP contribution in [0.1, 0.15) is 59.9 Å². The summed E-state index contributed by atoms with van der Waals surface area (Å²) in [6.07, 6.45) is 5.30. The van der Waals surface area contributed by atoms with Crippen molar-refractivity contribution in [3.05, 3.63) is 130 Å². The molecule has 1 N–H and O–H groups in total. The summed E-state index contributed by atoms with van der Waals surface area (Å²) in [7, 11) is -4.22. The van der Waals surface area contributed by atoms with Crippen LogP contribution in [0.5, 0.6) is 0 Å². The van der Waals surface area contributed by atoms with Crippen molar-refractivity contribution in [2.75, 3.05) is 10.8 Å². The van der Waals surface area contributed by atoms with E-state index in [4.69, 9.17) is 11.6 Å². The van der Waals surface area contributed by atoms with E-state index in [0.29, 0.717) is 16.3 Å². The van der Waals surface area contributed by atoms with E-state index in [1.807, 2.05) is 68.4 Å². The fraction of sp³-hybridized carbons (Fsp3) is 0.333. The molecule has 0 aromatic heterocycles. The maximum atomic E-state index is 14.8. The molecule has 1 atom stereocenters. The molecule has 0 heterocycles. The second-order valence-corrected chi connectivity index (χ2v) is 15.1. The van der Waals surface area contributed by atoms with E-state index in [1.165, 1.54) is 0 Å². The van der Waals surface area contributed by atoms with Crippen molar-refractivity contribution >= 4 is 39.1 Å². The van der Waals surface area contributed by atoms with E-state index in [-0.39, 0.29) is 29.8 Å². The molecule has 5 rings (SSSR count). The maximum Gasteiger partial charge on any atom is 0.264 e. The monoisotopic (exact) mass is 685 g/mol. The number of hydrogen-bond donors (Lipinski definition) is 1. The molecular formula is C39H44ClN3O4S. The van der Waals surface area contributed by atoms with Crippen molar-refractivity contribution in [2.24, 2.45) is 0 Å². The number of halogens is 1. The van der Waals surface area contributed by atoms with Crippen LogP contribution < -0.4 is 9.62 Å². The number of sulfonamides is 1. The van der Waals surface area contributed by atoms with Crippen molar-refractivity contribution in [1.82, 2.24) is 10.2 Å². The van der Waals surface area contributed by atoms with Crippen LogP contribution in [0.3, 0.4) is 0 Å². The minimum atomic E-state index is -4.22. The highest BCUT2D eigenvalue weighted by Crippen LogP contribution is 2.30. The molecule has 1 saturated carbocycles. The summed E-state index contributed by atoms with van der Waals surface area (Å²) in [4.78, 5) is 30.6. The Balaban J connectivity index is 1.58. The van der Waals surface area contributed by atoms with Gasteiger partial charge in [-0.1, -0.05) is 115 Å². The molecule has 0 bridgehead atoms. The molecule has 0 radical (unpaired) electrons. The van der Waals surface area contributed by atoms with Crippen molar-refractivity contribution < 1.29 is 18.0 Å². The average Bonchev–Trinajstić information content (AvgIpc) is 3.08. The zero-order chi connectivity index (χ0) is 34.3. The molecule has 0 spiro atoms. The summed E-state index contributed by atoms with van der Waals surface area (Å²) in [5, 5.41) is 3.60. The van der Waals surface area contributed by atoms with Gasteiger partial charge in [-0.2, -0.15) is 0 Å². The summed E-state index contributed by atoms with van der Waals surface area (Å²) in [5.74, 6) is -0.733. The largest absolute Gasteiger partial charge is 0.352 e. The van der Waals surface area contributed by atoms with Crippen LogP contribution in [-0.2, 0) is 32.6 Å². The van der Waals surface area contributed by atoms with Crippen LogP contribution in [0.2, 0.25) is 5.02 Å². The van der Waals surface area contributed by atoms with Gasteiger partial charge in [0.25, 0.3) is 10.0 Å². The molecule has 1 fully saturated rings. The molecule has 0 aliphatic heterocycles. The predicted octanol–water partition coefficient (Wildman–Crippen LogP) is 7.55. The van der Waals surface area contributed by atoms with Gasteiger partial charge in [-0.25, -0.2) is 8.42 Å². The number of amides is 2. The SMILES string of the molecule is Cc1ccc(CN(C(=O)CN(c2cc(Cl)ccc2C)S(=O)(=O)c2ccc(C)cc2)[C@H](Cc2ccccc2)C(=O)NC2CCCCC2)cc1. The molecule has 9 heteroatoms. The Labute approximate surface area is 290 Å². The number of nitrogens with one attached hydrogen (secondary N) is 1. The lowest BCUT2D eigenvalue weighted by molar-refractivity contribution is -0.140. The Bertz CT molecular complexity index is 1810. The van der Waals surface area contributed by atoms with Crippen LogP contribution in [0.4, 0.5) is 5.69 Å². The average molecular weight is 686 g/mol. The second kappa shape index (κ2) is 15.8. The number of aryl methyl sites for hydroxylation is 3. The first-order chi connectivity index (χ1) is 23.0. The summed E-state index contributed by atoms with van der Waals surface area (Å²) in [5.41, 5.74) is 4.66. The van der Waals surface area contributed by atoms with Gasteiger partial charge in [0, 0.05) is 24.0 Å². The third-order valence-electron chi connectivity index (χ3n) is 9.02. The van der Waals surface area contributed by atoms with Gasteiger partial charge in [0.1, 0.15) is 12.6 Å². The molecule has 252 valence electrons. The highest BCUT2D eigenvalue weighted by Gasteiger charge is 2.36. The van der Waals surface area contributed by atoms with Crippen LogP contribution >= 0.6 is 11.6 Å². The normalized spacial score (nSPS) is 14.2. The predicted molar refractivity (Wildman–Crippen MR) is 193 cm³/mol. The molecule has 7 nitrogen and oxygen atoms in total. The Morgan fingerprint density at radius 3 is 2.08 bits per heavy atom. The minimum Gasteiger partial charge on any atom is -0.352 e. The zero-order valence-corrected chi connectivity index (χ0v) is 29.4. The number of carbonyl (C=O) groups excluding carboxylic acids is 2. The van der Waals surface area contributed by atoms with Gasteiger partial charge >= 0.3 is 0 Å². The fourth-order valence-electron chi connectivity index (χ4n) is 6.19. The van der Waals surface area contributed by atoms with E-state index in [2.05, 4.69) is 5.32 Å². The molecule has 48 heavy (non-hydrogen) atoms. The van der Waals surface area contributed by atoms with Crippen molar-refractivity contribution in [2.45, 2.75) is 82.8 Å². The van der Waals surface area contributed by atoms with Crippen molar-refractivity contribution in [1.29, 1.82) is 0 Å². The smallest absolute Gasteiger partial charge is 0.264 e. The molecule has 0 unspecified atom stereocenters. The highest BCUT2D eigenvalue weighted by atomic mass is 35.5. The van der Waals surface area contributed by atoms with E-state index in [9.17, 15) is 18.0 Å². The summed E-state index contributed by atoms with van der Waals surface area (Å²) < 4.78 is 29.8. The van der Waals surface area contributed by atoms with E-state index in [1.54, 1.807) is 54.3 Å². The molecule has 4 aromatic rings. The van der Waals surface area contributed by atoms with E-state index >= 15 is 0 Å². The molecule has 1 aliphatic carbocycles. The Kier molecular flexibility index (Phi) is 11.6. The highest BCUT2D eigenvalue weighted by molar-refractivity contribution is 7.92. The maximum absolute atomic E-state index is 14.8. The van der Waals surface area contributed by atoms with Crippen LogP contribution in [0, 0.1) is 20.8 Å². The standard InChI is InChI=1S/C39H44ClN3O4S/c1-28-14-19-32(20-15-28)26-42(37(24-31-10-6-4-7-11-31)39(45)41-34-12-8-5-9-13-34)38(44)27-43(36-25-33(40)21-18-30(36)3)48(46,47)35-22-16-29(2)17-23-35/h4,6-7,10-11,14-23,25,34,37H,5,8-9,12-13,24,26-27H2,1-3H3,(H,41,45)/t37-/m1/s1. The van der Waals surface area contributed by atoms with Gasteiger partial charge in [-0.05, 0) is 74.6 Å². The van der Waals surface area contributed by atoms with Crippen LogP contribution in [0.15, 0.2) is 102 Å². The topological polar surface area (TPSA) is 86.8 Å². The molecular weight excluding hydrogens is 642 g/mol. The molecule has 4 aromatic carbocycles. The molecule has 0 saturated heterocycles. The lowest BCUT2D eigenvalue weighted by Crippen LogP contribution is -2.55. The first-order valence-electron chi connectivity index (χ1n) is 16.6. The Morgan fingerprint density at radius 2 is 1.44 bits per heavy atom. The third kappa shape index (κ3) is 8.85. The Morgan fingerprint density at radius 1 is 0.812 bits per heavy atom. The van der Waals surface area contributed by atoms with E-state index in [0.717, 1.165) is 58.7 Å². The van der Waals surface area contributed by atoms with E-state index < -0.39 is 28.5 Å². The number of nitrogens with zero attached hydrogens (tertiary/aromatic N) is 2. The summed E-state index contributed by atoms with van der Waals surface area (Å²) >= 11 is 6.40. The molecule has 1 aliphatic rings. The van der Waals surface area contributed by atoms with Crippen molar-refractivity contribution in [3.8, 4) is 0 Å². The number of carbonyl (C=O) groups is 2. The van der Waals surface area contributed by atoms with Gasteiger partial charge in [-0.15, -0.1) is 0 Å². The van der Waals surface area contributed by atoms with Crippen molar-refractivity contribution in [3.63, 3.8) is 0 Å². The zero-order valence-electron chi connectivity index (χ0n) is 27.9.